The molecule has 0 unspecified atom stereocenters. The molecule has 0 saturated carbocycles. The number of carbonyl (C=O) groups is 3. The summed E-state index contributed by atoms with van der Waals surface area (Å²) in [6.07, 6.45) is 4.21. The first kappa shape index (κ1) is 19.3. The highest BCUT2D eigenvalue weighted by Crippen LogP contribution is 2.34. The zero-order valence-corrected chi connectivity index (χ0v) is 15.7. The Morgan fingerprint density at radius 3 is 2.68 bits per heavy atom. The largest absolute Gasteiger partial charge is 1.00 e. The van der Waals surface area contributed by atoms with E-state index >= 15 is 0 Å². The van der Waals surface area contributed by atoms with E-state index in [9.17, 15) is 14.4 Å². The van der Waals surface area contributed by atoms with Gasteiger partial charge >= 0.3 is 5.97 Å². The molecule has 0 saturated heterocycles. The topological polar surface area (TPSA) is 64.3 Å². The number of carbonyl (C=O) groups excluding carboxylic acids is 3. The Hall–Kier alpha value is -2.02. The van der Waals surface area contributed by atoms with Crippen LogP contribution in [0.1, 0.15) is 42.2 Å². The zero-order valence-electron chi connectivity index (χ0n) is 13.3. The molecule has 1 aliphatic rings. The molecule has 0 N–H and O–H groups in total. The Kier molecular flexibility index (Phi) is 5.77. The molecule has 0 aromatic carbocycles. The van der Waals surface area contributed by atoms with Gasteiger partial charge in [0.1, 0.15) is 4.88 Å². The van der Waals surface area contributed by atoms with E-state index in [1.807, 2.05) is 13.0 Å². The number of rotatable bonds is 3. The number of nitrogens with zero attached hydrogens (tertiary/aromatic N) is 1. The van der Waals surface area contributed by atoms with Crippen LogP contribution in [0.25, 0.3) is 5.70 Å². The van der Waals surface area contributed by atoms with Crippen LogP contribution >= 0.6 is 22.9 Å². The Balaban J connectivity index is 0.00000225. The molecule has 0 aliphatic heterocycles. The Morgan fingerprint density at radius 1 is 1.32 bits per heavy atom. The van der Waals surface area contributed by atoms with E-state index in [0.717, 1.165) is 23.3 Å². The van der Waals surface area contributed by atoms with Gasteiger partial charge in [-0.1, -0.05) is 18.5 Å². The lowest BCUT2D eigenvalue weighted by atomic mass is 9.99. The number of hydrogen-bond acceptors (Lipinski definition) is 5. The average molecular weight is 398 g/mol. The van der Waals surface area contributed by atoms with E-state index in [1.54, 1.807) is 23.0 Å². The lowest BCUT2D eigenvalue weighted by Gasteiger charge is -2.10. The predicted molar refractivity (Wildman–Crippen MR) is 89.4 cm³/mol. The second-order valence-electron chi connectivity index (χ2n) is 5.14. The second-order valence-corrected chi connectivity index (χ2v) is 6.57. The summed E-state index contributed by atoms with van der Waals surface area (Å²) in [5.74, 6) is -1.44. The first-order valence-electron chi connectivity index (χ1n) is 7.19. The molecule has 0 fully saturated rings. The van der Waals surface area contributed by atoms with Crippen molar-refractivity contribution >= 4 is 46.2 Å². The van der Waals surface area contributed by atoms with Crippen molar-refractivity contribution in [1.82, 2.24) is 0 Å². The number of halogens is 2. The van der Waals surface area contributed by atoms with E-state index in [1.165, 1.54) is 13.2 Å². The monoisotopic (exact) mass is 397 g/mol. The zero-order chi connectivity index (χ0) is 17.4. The highest BCUT2D eigenvalue weighted by Gasteiger charge is 2.40. The summed E-state index contributed by atoms with van der Waals surface area (Å²) in [7, 11) is 1.24. The molecule has 5 nitrogen and oxygen atoms in total. The number of ketones is 2. The maximum Gasteiger partial charge on any atom is 0.348 e. The van der Waals surface area contributed by atoms with E-state index in [-0.39, 0.29) is 44.2 Å². The van der Waals surface area contributed by atoms with Gasteiger partial charge in [-0.15, -0.1) is 11.3 Å². The molecule has 0 atom stereocenters. The van der Waals surface area contributed by atoms with Gasteiger partial charge in [0.05, 0.1) is 17.6 Å². The van der Waals surface area contributed by atoms with Crippen LogP contribution in [0.4, 0.5) is 0 Å². The van der Waals surface area contributed by atoms with Crippen LogP contribution in [0.5, 0.6) is 0 Å². The normalized spacial score (nSPS) is 13.4. The number of aromatic nitrogens is 1. The summed E-state index contributed by atoms with van der Waals surface area (Å²) >= 11 is 7.10. The van der Waals surface area contributed by atoms with Crippen molar-refractivity contribution in [2.24, 2.45) is 0 Å². The SMILES string of the molecule is CCc1ccc[n+](C2=C(Cl)C(=O)c3sc(C(=O)OC)cc3C2=O)c1.[Cl-]. The molecule has 0 spiro atoms. The number of esters is 1. The standard InChI is InChI=1S/C17H13ClNO4S.ClH/c1-3-9-5-4-6-19(8-9)13-12(18)15(21)16-10(14(13)20)7-11(24-16)17(22)23-2;/h4-8H,3H2,1-2H3;1H/q+1;/p-1. The number of hydrogen-bond donors (Lipinski definition) is 0. The van der Waals surface area contributed by atoms with Gasteiger partial charge in [-0.2, -0.15) is 4.57 Å². The molecule has 1 aliphatic carbocycles. The fourth-order valence-electron chi connectivity index (χ4n) is 2.47. The van der Waals surface area contributed by atoms with Gasteiger partial charge < -0.3 is 17.1 Å². The number of pyridine rings is 1. The first-order chi connectivity index (χ1) is 11.5. The van der Waals surface area contributed by atoms with E-state index in [0.29, 0.717) is 0 Å². The van der Waals surface area contributed by atoms with E-state index in [4.69, 9.17) is 11.6 Å². The molecule has 0 bridgehead atoms. The van der Waals surface area contributed by atoms with Gasteiger partial charge in [-0.25, -0.2) is 4.79 Å². The highest BCUT2D eigenvalue weighted by atomic mass is 35.5. The molecular formula is C17H13Cl2NO4S. The third kappa shape index (κ3) is 3.25. The number of aryl methyl sites for hydroxylation is 1. The molecular weight excluding hydrogens is 385 g/mol. The fraction of sp³-hybridized carbons (Fsp3) is 0.176. The van der Waals surface area contributed by atoms with Gasteiger partial charge in [0.25, 0.3) is 11.5 Å². The molecule has 2 aromatic heterocycles. The van der Waals surface area contributed by atoms with Crippen molar-refractivity contribution in [2.75, 3.05) is 7.11 Å². The van der Waals surface area contributed by atoms with E-state index < -0.39 is 11.8 Å². The summed E-state index contributed by atoms with van der Waals surface area (Å²) in [6.45, 7) is 1.99. The average Bonchev–Trinajstić information content (AvgIpc) is 3.05. The van der Waals surface area contributed by atoms with Gasteiger partial charge in [-0.3, -0.25) is 9.59 Å². The van der Waals surface area contributed by atoms with Crippen LogP contribution in [0.15, 0.2) is 35.6 Å². The summed E-state index contributed by atoms with van der Waals surface area (Å²) < 4.78 is 6.21. The number of fused-ring (bicyclic) bond motifs is 1. The van der Waals surface area contributed by atoms with Crippen LogP contribution < -0.4 is 17.0 Å². The van der Waals surface area contributed by atoms with Crippen molar-refractivity contribution in [3.8, 4) is 0 Å². The van der Waals surface area contributed by atoms with E-state index in [2.05, 4.69) is 4.74 Å². The summed E-state index contributed by atoms with van der Waals surface area (Å²) in [5.41, 5.74) is 1.28. The summed E-state index contributed by atoms with van der Waals surface area (Å²) in [6, 6.07) is 5.10. The molecule has 8 heteroatoms. The van der Waals surface area contributed by atoms with Crippen molar-refractivity contribution in [3.05, 3.63) is 56.5 Å². The van der Waals surface area contributed by atoms with Crippen LogP contribution in [0.3, 0.4) is 0 Å². The smallest absolute Gasteiger partial charge is 0.348 e. The van der Waals surface area contributed by atoms with Crippen LogP contribution in [-0.4, -0.2) is 24.6 Å². The maximum atomic E-state index is 12.8. The molecule has 2 aromatic rings. The number of allylic oxidation sites excluding steroid dienone is 2. The van der Waals surface area contributed by atoms with Gasteiger partial charge in [0.15, 0.2) is 17.4 Å². The van der Waals surface area contributed by atoms with Crippen molar-refractivity contribution in [3.63, 3.8) is 0 Å². The van der Waals surface area contributed by atoms with Crippen LogP contribution in [0, 0.1) is 0 Å². The number of ether oxygens (including phenoxy) is 1. The molecule has 0 radical (unpaired) electrons. The van der Waals surface area contributed by atoms with Gasteiger partial charge in [0.2, 0.25) is 5.78 Å². The number of thiophene rings is 1. The molecule has 0 amide bonds. The molecule has 25 heavy (non-hydrogen) atoms. The minimum Gasteiger partial charge on any atom is -1.00 e. The molecule has 2 heterocycles. The lowest BCUT2D eigenvalue weighted by molar-refractivity contribution is -0.577. The van der Waals surface area contributed by atoms with Gasteiger partial charge in [-0.05, 0) is 18.6 Å². The first-order valence-corrected chi connectivity index (χ1v) is 8.39. The maximum absolute atomic E-state index is 12.8. The summed E-state index contributed by atoms with van der Waals surface area (Å²) in [4.78, 5) is 37.4. The lowest BCUT2D eigenvalue weighted by Crippen LogP contribution is -3.00. The Labute approximate surface area is 159 Å². The molecule has 3 rings (SSSR count). The van der Waals surface area contributed by atoms with Crippen molar-refractivity contribution in [2.45, 2.75) is 13.3 Å². The third-order valence-electron chi connectivity index (χ3n) is 3.72. The fourth-order valence-corrected chi connectivity index (χ4v) is 3.82. The van der Waals surface area contributed by atoms with Gasteiger partial charge in [0, 0.05) is 11.6 Å². The van der Waals surface area contributed by atoms with Crippen LogP contribution in [-0.2, 0) is 11.2 Å². The second kappa shape index (κ2) is 7.47. The minimum atomic E-state index is -0.590. The highest BCUT2D eigenvalue weighted by molar-refractivity contribution is 7.16. The number of Topliss-reactive ketones (excluding diaryl/α,β-unsaturated/α-hetero) is 2. The van der Waals surface area contributed by atoms with Crippen LogP contribution in [0.2, 0.25) is 0 Å². The van der Waals surface area contributed by atoms with Crippen molar-refractivity contribution in [1.29, 1.82) is 0 Å². The minimum absolute atomic E-state index is 0. The summed E-state index contributed by atoms with van der Waals surface area (Å²) in [5, 5.41) is -0.149. The molecule has 130 valence electrons. The van der Waals surface area contributed by atoms with Crippen molar-refractivity contribution < 1.29 is 36.1 Å². The Bertz CT molecular complexity index is 917. The number of methoxy groups -OCH3 is 1. The third-order valence-corrected chi connectivity index (χ3v) is 5.18. The predicted octanol–water partition coefficient (Wildman–Crippen LogP) is -0.125. The quantitative estimate of drug-likeness (QED) is 0.534. The Morgan fingerprint density at radius 2 is 2.04 bits per heavy atom.